The largest absolute Gasteiger partial charge is 0.496 e. The van der Waals surface area contributed by atoms with Crippen LogP contribution in [0.4, 0.5) is 0 Å². The van der Waals surface area contributed by atoms with Gasteiger partial charge in [0.2, 0.25) is 0 Å². The van der Waals surface area contributed by atoms with Gasteiger partial charge in [-0.15, -0.1) is 0 Å². The highest BCUT2D eigenvalue weighted by molar-refractivity contribution is 6.09. The second-order valence-corrected chi connectivity index (χ2v) is 13.9. The number of fused-ring (bicyclic) bond motifs is 15. The molecule has 0 saturated heterocycles. The van der Waals surface area contributed by atoms with Crippen LogP contribution in [-0.4, -0.2) is 34.5 Å². The maximum absolute atomic E-state index is 6.83. The van der Waals surface area contributed by atoms with E-state index in [1.54, 1.807) is 21.3 Å². The third-order valence-corrected chi connectivity index (χ3v) is 10.3. The molecule has 0 aliphatic carbocycles. The van der Waals surface area contributed by atoms with Crippen molar-refractivity contribution in [2.75, 3.05) is 34.5 Å². The summed E-state index contributed by atoms with van der Waals surface area (Å²) in [5, 5.41) is 4.50. The lowest BCUT2D eigenvalue weighted by molar-refractivity contribution is 0.316. The minimum atomic E-state index is 0.448. The van der Waals surface area contributed by atoms with E-state index in [0.29, 0.717) is 26.1 Å². The molecule has 0 amide bonds. The van der Waals surface area contributed by atoms with Gasteiger partial charge in [0.1, 0.15) is 28.7 Å². The third kappa shape index (κ3) is 6.20. The highest BCUT2D eigenvalue weighted by atomic mass is 16.5. The number of benzene rings is 7. The Balaban J connectivity index is 1.40. The SMILES string of the molecule is COc1c2cc(C)cc1-c1cc(C)cc(c1OC)-c1cc(C)cc(c1OC)CCOc1ccc3ccccc3c1-c1c(ccc3ccccc13)OCC2. The van der Waals surface area contributed by atoms with Crippen LogP contribution in [0.2, 0.25) is 0 Å². The molecule has 53 heavy (non-hydrogen) atoms. The lowest BCUT2D eigenvalue weighted by Gasteiger charge is -2.22. The summed E-state index contributed by atoms with van der Waals surface area (Å²) in [6.45, 7) is 7.28. The van der Waals surface area contributed by atoms with E-state index in [4.69, 9.17) is 23.7 Å². The molecule has 8 rings (SSSR count). The highest BCUT2D eigenvalue weighted by Gasteiger charge is 2.24. The molecule has 7 aromatic carbocycles. The van der Waals surface area contributed by atoms with Crippen LogP contribution >= 0.6 is 0 Å². The molecule has 0 fully saturated rings. The van der Waals surface area contributed by atoms with E-state index >= 15 is 0 Å². The van der Waals surface area contributed by atoms with E-state index in [-0.39, 0.29) is 0 Å². The van der Waals surface area contributed by atoms with Gasteiger partial charge >= 0.3 is 0 Å². The maximum atomic E-state index is 6.83. The second-order valence-electron chi connectivity index (χ2n) is 13.9. The zero-order chi connectivity index (χ0) is 36.6. The molecule has 0 unspecified atom stereocenters. The Morgan fingerprint density at radius 1 is 0.434 bits per heavy atom. The van der Waals surface area contributed by atoms with E-state index < -0.39 is 0 Å². The lowest BCUT2D eigenvalue weighted by atomic mass is 9.90. The first-order valence-electron chi connectivity index (χ1n) is 18.2. The number of hydrogen-bond donors (Lipinski definition) is 0. The zero-order valence-corrected chi connectivity index (χ0v) is 31.3. The van der Waals surface area contributed by atoms with Crippen molar-refractivity contribution in [3.05, 3.63) is 137 Å². The fourth-order valence-electron chi connectivity index (χ4n) is 8.14. The van der Waals surface area contributed by atoms with Crippen molar-refractivity contribution >= 4 is 21.5 Å². The Bertz CT molecular complexity index is 2340. The van der Waals surface area contributed by atoms with E-state index in [9.17, 15) is 0 Å². The molecule has 6 bridgehead atoms. The first-order chi connectivity index (χ1) is 25.9. The quantitative estimate of drug-likeness (QED) is 0.184. The summed E-state index contributed by atoms with van der Waals surface area (Å²) in [4.78, 5) is 0. The number of rotatable bonds is 3. The molecule has 1 aliphatic rings. The summed E-state index contributed by atoms with van der Waals surface area (Å²) in [7, 11) is 5.23. The van der Waals surface area contributed by atoms with E-state index in [1.807, 2.05) is 0 Å². The van der Waals surface area contributed by atoms with E-state index in [1.165, 1.54) is 0 Å². The highest BCUT2D eigenvalue weighted by Crippen LogP contribution is 2.49. The van der Waals surface area contributed by atoms with Gasteiger partial charge in [-0.3, -0.25) is 0 Å². The summed E-state index contributed by atoms with van der Waals surface area (Å²) in [6, 6.07) is 38.6. The molecule has 7 aromatic rings. The summed E-state index contributed by atoms with van der Waals surface area (Å²) in [5.41, 5.74) is 11.5. The van der Waals surface area contributed by atoms with Gasteiger partial charge in [0.25, 0.3) is 0 Å². The minimum absolute atomic E-state index is 0.448. The van der Waals surface area contributed by atoms with Crippen LogP contribution in [0, 0.1) is 20.8 Å². The fourth-order valence-corrected chi connectivity index (χ4v) is 8.14. The summed E-state index contributed by atoms with van der Waals surface area (Å²) in [5.74, 6) is 4.02. The number of methoxy groups -OCH3 is 3. The Morgan fingerprint density at radius 2 is 0.811 bits per heavy atom. The lowest BCUT2D eigenvalue weighted by Crippen LogP contribution is -2.07. The molecule has 0 saturated carbocycles. The molecule has 0 atom stereocenters. The number of ether oxygens (including phenoxy) is 5. The Kier molecular flexibility index (Phi) is 9.17. The zero-order valence-electron chi connectivity index (χ0n) is 31.3. The van der Waals surface area contributed by atoms with Crippen molar-refractivity contribution in [3.8, 4) is 62.1 Å². The molecule has 1 aliphatic heterocycles. The van der Waals surface area contributed by atoms with Crippen molar-refractivity contribution in [2.24, 2.45) is 0 Å². The molecule has 0 aromatic heterocycles. The fraction of sp³-hybridized carbons (Fsp3) is 0.208. The predicted molar refractivity (Wildman–Crippen MR) is 216 cm³/mol. The van der Waals surface area contributed by atoms with Gasteiger partial charge in [-0.2, -0.15) is 0 Å². The monoisotopic (exact) mass is 700 g/mol. The molecule has 0 N–H and O–H groups in total. The predicted octanol–water partition coefficient (Wildman–Crippen LogP) is 11.5. The number of hydrogen-bond acceptors (Lipinski definition) is 5. The van der Waals surface area contributed by atoms with Gasteiger partial charge in [-0.05, 0) is 107 Å². The maximum Gasteiger partial charge on any atom is 0.134 e. The van der Waals surface area contributed by atoms with Crippen LogP contribution in [0.15, 0.2) is 109 Å². The third-order valence-electron chi connectivity index (χ3n) is 10.3. The smallest absolute Gasteiger partial charge is 0.134 e. The van der Waals surface area contributed by atoms with Crippen molar-refractivity contribution in [1.82, 2.24) is 0 Å². The van der Waals surface area contributed by atoms with E-state index in [2.05, 4.69) is 130 Å². The van der Waals surface area contributed by atoms with Gasteiger partial charge in [0, 0.05) is 46.2 Å². The van der Waals surface area contributed by atoms with Crippen molar-refractivity contribution in [1.29, 1.82) is 0 Å². The summed E-state index contributed by atoms with van der Waals surface area (Å²) < 4.78 is 32.4. The Morgan fingerprint density at radius 3 is 1.23 bits per heavy atom. The van der Waals surface area contributed by atoms with Crippen LogP contribution in [0.25, 0.3) is 54.9 Å². The standard InChI is InChI=1S/C48H44O5/c1-29-23-34-19-21-52-42-17-15-32-11-7-9-13-36(32)44(42)45-37-14-10-8-12-33(37)16-18-43(45)53-22-20-35-24-30(2)26-39(47(35)50-5)41-28-31(3)27-40(48(41)51-6)38(25-29)46(34)49-4/h7-18,23-28H,19-22H2,1-6H3. The number of aryl methyl sites for hydroxylation is 3. The molecule has 5 nitrogen and oxygen atoms in total. The molecular weight excluding hydrogens is 657 g/mol. The van der Waals surface area contributed by atoms with Crippen LogP contribution in [0.1, 0.15) is 27.8 Å². The first-order valence-corrected chi connectivity index (χ1v) is 18.2. The van der Waals surface area contributed by atoms with Crippen LogP contribution < -0.4 is 23.7 Å². The van der Waals surface area contributed by atoms with Crippen LogP contribution in [0.3, 0.4) is 0 Å². The molecule has 266 valence electrons. The molecule has 1 heterocycles. The van der Waals surface area contributed by atoms with Crippen molar-refractivity contribution in [3.63, 3.8) is 0 Å². The van der Waals surface area contributed by atoms with Gasteiger partial charge in [-0.1, -0.05) is 72.8 Å². The molecule has 0 radical (unpaired) electrons. The molecular formula is C48H44O5. The average molecular weight is 701 g/mol. The van der Waals surface area contributed by atoms with Gasteiger partial charge in [0.05, 0.1) is 34.5 Å². The van der Waals surface area contributed by atoms with E-state index in [0.717, 1.165) is 111 Å². The second kappa shape index (κ2) is 14.2. The average Bonchev–Trinajstić information content (AvgIpc) is 3.16. The van der Waals surface area contributed by atoms with Crippen LogP contribution in [-0.2, 0) is 12.8 Å². The van der Waals surface area contributed by atoms with Crippen LogP contribution in [0.5, 0.6) is 28.7 Å². The molecule has 0 spiro atoms. The molecule has 5 heteroatoms. The van der Waals surface area contributed by atoms with Crippen molar-refractivity contribution < 1.29 is 23.7 Å². The van der Waals surface area contributed by atoms with Crippen molar-refractivity contribution in [2.45, 2.75) is 33.6 Å². The summed E-state index contributed by atoms with van der Waals surface area (Å²) >= 11 is 0. The minimum Gasteiger partial charge on any atom is -0.496 e. The van der Waals surface area contributed by atoms with Gasteiger partial charge < -0.3 is 23.7 Å². The van der Waals surface area contributed by atoms with Gasteiger partial charge in [0.15, 0.2) is 0 Å². The Hall–Kier alpha value is -5.94. The first kappa shape index (κ1) is 34.2. The van der Waals surface area contributed by atoms with Gasteiger partial charge in [-0.25, -0.2) is 0 Å². The normalized spacial score (nSPS) is 12.7. The summed E-state index contributed by atoms with van der Waals surface area (Å²) in [6.07, 6.45) is 1.28. The Labute approximate surface area is 311 Å². The topological polar surface area (TPSA) is 46.2 Å².